The molecule has 4 rings (SSSR count). The highest BCUT2D eigenvalue weighted by molar-refractivity contribution is 5.86. The summed E-state index contributed by atoms with van der Waals surface area (Å²) in [6.07, 6.45) is 2.44. The van der Waals surface area contributed by atoms with Crippen LogP contribution in [0.1, 0.15) is 19.8 Å². The molecule has 0 N–H and O–H groups in total. The van der Waals surface area contributed by atoms with E-state index in [1.807, 2.05) is 12.1 Å². The predicted molar refractivity (Wildman–Crippen MR) is 101 cm³/mol. The van der Waals surface area contributed by atoms with Crippen LogP contribution in [0, 0.1) is 0 Å². The molecule has 0 saturated carbocycles. The fourth-order valence-electron chi connectivity index (χ4n) is 4.18. The molecule has 3 heterocycles. The van der Waals surface area contributed by atoms with Crippen molar-refractivity contribution in [3.8, 4) is 5.75 Å². The van der Waals surface area contributed by atoms with Crippen molar-refractivity contribution >= 4 is 16.7 Å². The molecule has 1 aromatic heterocycles. The Hall–Kier alpha value is -1.85. The van der Waals surface area contributed by atoms with E-state index < -0.39 is 0 Å². The summed E-state index contributed by atoms with van der Waals surface area (Å²) in [7, 11) is 1.70. The van der Waals surface area contributed by atoms with Crippen molar-refractivity contribution < 1.29 is 9.47 Å². The number of fused-ring (bicyclic) bond motifs is 2. The average Bonchev–Trinajstić information content (AvgIpc) is 2.67. The zero-order chi connectivity index (χ0) is 17.2. The minimum Gasteiger partial charge on any atom is -0.494 e. The van der Waals surface area contributed by atoms with Gasteiger partial charge in [0.1, 0.15) is 17.1 Å². The molecule has 2 atom stereocenters. The van der Waals surface area contributed by atoms with E-state index in [0.717, 1.165) is 55.3 Å². The number of methoxy groups -OCH3 is 1. The Morgan fingerprint density at radius 2 is 2.12 bits per heavy atom. The van der Waals surface area contributed by atoms with Crippen molar-refractivity contribution in [1.29, 1.82) is 0 Å². The minimum atomic E-state index is 0.467. The standard InChI is InChI=1S/C20H27N3O2/c1-3-5-16-13-25-14-17-12-22(10-11-23(16)17)19-9-8-15-6-4-7-18(24-2)20(15)21-19/h4,6-9,16-17H,3,5,10-14H2,1-2H3/t16-,17+/m0/s1. The first kappa shape index (κ1) is 16.6. The molecule has 0 bridgehead atoms. The van der Waals surface area contributed by atoms with Crippen molar-refractivity contribution in [2.45, 2.75) is 31.8 Å². The molecular formula is C20H27N3O2. The van der Waals surface area contributed by atoms with Crippen molar-refractivity contribution in [3.63, 3.8) is 0 Å². The van der Waals surface area contributed by atoms with E-state index in [1.165, 1.54) is 12.8 Å². The van der Waals surface area contributed by atoms with Crippen LogP contribution >= 0.6 is 0 Å². The molecule has 0 amide bonds. The maximum Gasteiger partial charge on any atom is 0.145 e. The van der Waals surface area contributed by atoms with E-state index in [4.69, 9.17) is 14.5 Å². The number of pyridine rings is 1. The third-order valence-electron chi connectivity index (χ3n) is 5.45. The highest BCUT2D eigenvalue weighted by Gasteiger charge is 2.35. The zero-order valence-corrected chi connectivity index (χ0v) is 15.1. The summed E-state index contributed by atoms with van der Waals surface area (Å²) >= 11 is 0. The van der Waals surface area contributed by atoms with Crippen LogP contribution in [0.5, 0.6) is 5.75 Å². The fraction of sp³-hybridized carbons (Fsp3) is 0.550. The molecule has 2 fully saturated rings. The van der Waals surface area contributed by atoms with Crippen LogP contribution in [0.2, 0.25) is 0 Å². The molecule has 0 radical (unpaired) electrons. The van der Waals surface area contributed by atoms with E-state index in [1.54, 1.807) is 7.11 Å². The first-order chi connectivity index (χ1) is 12.3. The lowest BCUT2D eigenvalue weighted by Crippen LogP contribution is -2.62. The molecule has 134 valence electrons. The van der Waals surface area contributed by atoms with E-state index >= 15 is 0 Å². The summed E-state index contributed by atoms with van der Waals surface area (Å²) in [5, 5.41) is 1.12. The van der Waals surface area contributed by atoms with Gasteiger partial charge >= 0.3 is 0 Å². The second-order valence-corrected chi connectivity index (χ2v) is 7.02. The first-order valence-electron chi connectivity index (χ1n) is 9.32. The molecule has 5 nitrogen and oxygen atoms in total. The largest absolute Gasteiger partial charge is 0.494 e. The molecule has 0 unspecified atom stereocenters. The molecule has 0 aliphatic carbocycles. The molecule has 5 heteroatoms. The summed E-state index contributed by atoms with van der Waals surface area (Å²) in [6.45, 7) is 7.05. The predicted octanol–water partition coefficient (Wildman–Crippen LogP) is 2.93. The van der Waals surface area contributed by atoms with Crippen LogP contribution in [0.15, 0.2) is 30.3 Å². The van der Waals surface area contributed by atoms with Crippen LogP contribution < -0.4 is 9.64 Å². The monoisotopic (exact) mass is 341 g/mol. The minimum absolute atomic E-state index is 0.467. The summed E-state index contributed by atoms with van der Waals surface area (Å²) in [5.41, 5.74) is 0.939. The zero-order valence-electron chi connectivity index (χ0n) is 15.1. The number of hydrogen-bond donors (Lipinski definition) is 0. The Kier molecular flexibility index (Phi) is 4.77. The van der Waals surface area contributed by atoms with Crippen LogP contribution in [0.25, 0.3) is 10.9 Å². The SMILES string of the molecule is CCC[C@H]1COC[C@H]2CN(c3ccc4cccc(OC)c4n3)CCN12. The van der Waals surface area contributed by atoms with Gasteiger partial charge < -0.3 is 14.4 Å². The Bertz CT molecular complexity index is 734. The number of benzene rings is 1. The number of para-hydroxylation sites is 1. The third-order valence-corrected chi connectivity index (χ3v) is 5.45. The van der Waals surface area contributed by atoms with Gasteiger partial charge in [-0.3, -0.25) is 4.90 Å². The van der Waals surface area contributed by atoms with Gasteiger partial charge in [-0.05, 0) is 24.6 Å². The van der Waals surface area contributed by atoms with E-state index in [0.29, 0.717) is 12.1 Å². The highest BCUT2D eigenvalue weighted by Crippen LogP contribution is 2.28. The van der Waals surface area contributed by atoms with Gasteiger partial charge in [-0.25, -0.2) is 4.98 Å². The molecule has 2 aliphatic heterocycles. The number of nitrogens with zero attached hydrogens (tertiary/aromatic N) is 3. The Morgan fingerprint density at radius 1 is 1.20 bits per heavy atom. The van der Waals surface area contributed by atoms with Crippen LogP contribution in [0.4, 0.5) is 5.82 Å². The molecule has 25 heavy (non-hydrogen) atoms. The van der Waals surface area contributed by atoms with Crippen molar-refractivity contribution in [2.75, 3.05) is 44.9 Å². The topological polar surface area (TPSA) is 37.8 Å². The lowest BCUT2D eigenvalue weighted by Gasteiger charge is -2.48. The smallest absolute Gasteiger partial charge is 0.145 e. The maximum absolute atomic E-state index is 5.89. The molecule has 2 aromatic rings. The van der Waals surface area contributed by atoms with Crippen molar-refractivity contribution in [2.24, 2.45) is 0 Å². The number of piperazine rings is 1. The summed E-state index contributed by atoms with van der Waals surface area (Å²) in [6, 6.07) is 11.4. The second-order valence-electron chi connectivity index (χ2n) is 7.02. The van der Waals surface area contributed by atoms with Gasteiger partial charge in [-0.1, -0.05) is 25.5 Å². The number of ether oxygens (including phenoxy) is 2. The van der Waals surface area contributed by atoms with Gasteiger partial charge in [-0.2, -0.15) is 0 Å². The number of hydrogen-bond acceptors (Lipinski definition) is 5. The Balaban J connectivity index is 1.56. The van der Waals surface area contributed by atoms with Gasteiger partial charge in [0.05, 0.1) is 26.4 Å². The first-order valence-corrected chi connectivity index (χ1v) is 9.32. The number of aromatic nitrogens is 1. The van der Waals surface area contributed by atoms with Gasteiger partial charge in [0.25, 0.3) is 0 Å². The summed E-state index contributed by atoms with van der Waals surface area (Å²) in [5.74, 6) is 1.87. The lowest BCUT2D eigenvalue weighted by atomic mass is 10.0. The Labute approximate surface area is 149 Å². The van der Waals surface area contributed by atoms with Gasteiger partial charge in [0, 0.05) is 31.1 Å². The third kappa shape index (κ3) is 3.18. The second kappa shape index (κ2) is 7.18. The van der Waals surface area contributed by atoms with Gasteiger partial charge in [0.15, 0.2) is 0 Å². The van der Waals surface area contributed by atoms with Crippen LogP contribution in [-0.4, -0.2) is 61.9 Å². The average molecular weight is 341 g/mol. The summed E-state index contributed by atoms with van der Waals surface area (Å²) in [4.78, 5) is 9.96. The molecule has 2 aliphatic rings. The van der Waals surface area contributed by atoms with Crippen molar-refractivity contribution in [3.05, 3.63) is 30.3 Å². The van der Waals surface area contributed by atoms with Gasteiger partial charge in [-0.15, -0.1) is 0 Å². The molecule has 2 saturated heterocycles. The van der Waals surface area contributed by atoms with E-state index in [-0.39, 0.29) is 0 Å². The van der Waals surface area contributed by atoms with Crippen LogP contribution in [-0.2, 0) is 4.74 Å². The molecule has 0 spiro atoms. The quantitative estimate of drug-likeness (QED) is 0.855. The van der Waals surface area contributed by atoms with Gasteiger partial charge in [0.2, 0.25) is 0 Å². The number of rotatable bonds is 4. The molecule has 1 aromatic carbocycles. The number of morpholine rings is 1. The molecular weight excluding hydrogens is 314 g/mol. The normalized spacial score (nSPS) is 24.3. The lowest BCUT2D eigenvalue weighted by molar-refractivity contribution is -0.0558. The summed E-state index contributed by atoms with van der Waals surface area (Å²) < 4.78 is 11.4. The highest BCUT2D eigenvalue weighted by atomic mass is 16.5. The fourth-order valence-corrected chi connectivity index (χ4v) is 4.18. The van der Waals surface area contributed by atoms with E-state index in [9.17, 15) is 0 Å². The van der Waals surface area contributed by atoms with E-state index in [2.05, 4.69) is 34.9 Å². The maximum atomic E-state index is 5.89. The van der Waals surface area contributed by atoms with Crippen molar-refractivity contribution in [1.82, 2.24) is 9.88 Å². The Morgan fingerprint density at radius 3 is 2.96 bits per heavy atom. The van der Waals surface area contributed by atoms with Crippen LogP contribution in [0.3, 0.4) is 0 Å². The number of anilines is 1.